The molecule has 1 atom stereocenters. The highest BCUT2D eigenvalue weighted by atomic mass is 79.9. The number of rotatable bonds is 3. The maximum atomic E-state index is 9.20. The quantitative estimate of drug-likeness (QED) is 0.794. The van der Waals surface area contributed by atoms with Crippen LogP contribution < -0.4 is 0 Å². The fourth-order valence-corrected chi connectivity index (χ4v) is 1.02. The molecular weight excluding hydrogens is 212 g/mol. The van der Waals surface area contributed by atoms with Gasteiger partial charge in [0.05, 0.1) is 4.47 Å². The third kappa shape index (κ3) is 2.32. The normalized spacial score (nSPS) is 13.4. The molecule has 0 aromatic carbocycles. The summed E-state index contributed by atoms with van der Waals surface area (Å²) in [6, 6.07) is 1.67. The molecule has 1 rings (SSSR count). The molecule has 0 fully saturated rings. The van der Waals surface area contributed by atoms with Crippen molar-refractivity contribution in [1.82, 2.24) is 0 Å². The zero-order valence-electron chi connectivity index (χ0n) is 6.08. The van der Waals surface area contributed by atoms with Crippen molar-refractivity contribution in [2.45, 2.75) is 13.2 Å². The summed E-state index contributed by atoms with van der Waals surface area (Å²) < 4.78 is 10.6. The molecule has 0 spiro atoms. The van der Waals surface area contributed by atoms with Gasteiger partial charge in [-0.3, -0.25) is 0 Å². The highest BCUT2D eigenvalue weighted by molar-refractivity contribution is 9.10. The molecule has 1 aromatic heterocycles. The van der Waals surface area contributed by atoms with E-state index in [1.54, 1.807) is 13.0 Å². The van der Waals surface area contributed by atoms with E-state index < -0.39 is 6.29 Å². The topological polar surface area (TPSA) is 42.6 Å². The second kappa shape index (κ2) is 3.90. The molecule has 3 nitrogen and oxygen atoms in total. The molecule has 0 aliphatic heterocycles. The van der Waals surface area contributed by atoms with Gasteiger partial charge in [0.25, 0.3) is 0 Å². The van der Waals surface area contributed by atoms with E-state index in [9.17, 15) is 5.11 Å². The van der Waals surface area contributed by atoms with E-state index >= 15 is 0 Å². The minimum absolute atomic E-state index is 0.415. The van der Waals surface area contributed by atoms with Crippen molar-refractivity contribution in [2.24, 2.45) is 0 Å². The van der Waals surface area contributed by atoms with Gasteiger partial charge in [-0.15, -0.1) is 0 Å². The molecule has 1 N–H and O–H groups in total. The average molecular weight is 221 g/mol. The highest BCUT2D eigenvalue weighted by Crippen LogP contribution is 2.20. The summed E-state index contributed by atoms with van der Waals surface area (Å²) >= 11 is 3.19. The lowest BCUT2D eigenvalue weighted by Gasteiger charge is -2.05. The molecule has 62 valence electrons. The van der Waals surface area contributed by atoms with Gasteiger partial charge in [-0.1, -0.05) is 0 Å². The lowest BCUT2D eigenvalue weighted by molar-refractivity contribution is -0.110. The summed E-state index contributed by atoms with van der Waals surface area (Å²) in [5.41, 5.74) is 0. The second-order valence-electron chi connectivity index (χ2n) is 1.97. The van der Waals surface area contributed by atoms with Crippen molar-refractivity contribution < 1.29 is 14.3 Å². The first-order valence-electron chi connectivity index (χ1n) is 3.27. The van der Waals surface area contributed by atoms with Crippen LogP contribution in [-0.4, -0.2) is 11.7 Å². The Hall–Kier alpha value is -0.320. The fourth-order valence-electron chi connectivity index (χ4n) is 0.698. The van der Waals surface area contributed by atoms with Gasteiger partial charge in [0.1, 0.15) is 6.26 Å². The van der Waals surface area contributed by atoms with Crippen LogP contribution in [0.15, 0.2) is 21.2 Å². The molecule has 0 aliphatic carbocycles. The van der Waals surface area contributed by atoms with Crippen molar-refractivity contribution in [1.29, 1.82) is 0 Å². The monoisotopic (exact) mass is 220 g/mol. The number of hydrogen-bond donors (Lipinski definition) is 1. The molecule has 1 aromatic rings. The molecule has 0 radical (unpaired) electrons. The van der Waals surface area contributed by atoms with Crippen molar-refractivity contribution in [2.75, 3.05) is 6.61 Å². The first kappa shape index (κ1) is 8.77. The number of aliphatic hydroxyl groups excluding tert-OH is 1. The van der Waals surface area contributed by atoms with Gasteiger partial charge in [0.2, 0.25) is 6.29 Å². The van der Waals surface area contributed by atoms with E-state index in [1.165, 1.54) is 6.26 Å². The van der Waals surface area contributed by atoms with E-state index in [1.807, 2.05) is 0 Å². The maximum Gasteiger partial charge on any atom is 0.214 e. The lowest BCUT2D eigenvalue weighted by Crippen LogP contribution is -2.00. The Balaban J connectivity index is 2.60. The van der Waals surface area contributed by atoms with Gasteiger partial charge in [-0.05, 0) is 28.9 Å². The molecule has 1 heterocycles. The lowest BCUT2D eigenvalue weighted by atomic mass is 10.4. The van der Waals surface area contributed by atoms with Crippen molar-refractivity contribution in [3.05, 3.63) is 22.6 Å². The predicted octanol–water partition coefficient (Wildman–Crippen LogP) is 2.07. The minimum Gasteiger partial charge on any atom is -0.463 e. The van der Waals surface area contributed by atoms with Crippen LogP contribution in [0.25, 0.3) is 0 Å². The molecule has 1 unspecified atom stereocenters. The van der Waals surface area contributed by atoms with Crippen LogP contribution >= 0.6 is 15.9 Å². The number of halogens is 1. The van der Waals surface area contributed by atoms with Gasteiger partial charge in [-0.2, -0.15) is 0 Å². The molecule has 0 bridgehead atoms. The number of ether oxygens (including phenoxy) is 1. The summed E-state index contributed by atoms with van der Waals surface area (Å²) in [5.74, 6) is 0.415. The van der Waals surface area contributed by atoms with Crippen molar-refractivity contribution in [3.63, 3.8) is 0 Å². The molecule has 0 saturated heterocycles. The Kier molecular flexibility index (Phi) is 3.11. The molecule has 4 heteroatoms. The number of aliphatic hydroxyl groups is 1. The molecule has 0 saturated carbocycles. The third-order valence-electron chi connectivity index (χ3n) is 1.16. The van der Waals surface area contributed by atoms with E-state index in [4.69, 9.17) is 9.15 Å². The van der Waals surface area contributed by atoms with Crippen LogP contribution in [0.3, 0.4) is 0 Å². The van der Waals surface area contributed by atoms with Gasteiger partial charge in [0, 0.05) is 6.61 Å². The predicted molar refractivity (Wildman–Crippen MR) is 43.0 cm³/mol. The Labute approximate surface area is 73.1 Å². The van der Waals surface area contributed by atoms with Crippen LogP contribution in [-0.2, 0) is 4.74 Å². The molecular formula is C7H9BrO3. The van der Waals surface area contributed by atoms with Crippen molar-refractivity contribution >= 4 is 15.9 Å². The maximum absolute atomic E-state index is 9.20. The molecule has 0 amide bonds. The second-order valence-corrected chi connectivity index (χ2v) is 2.89. The largest absolute Gasteiger partial charge is 0.463 e. The minimum atomic E-state index is -0.953. The molecule has 11 heavy (non-hydrogen) atoms. The Morgan fingerprint density at radius 3 is 3.00 bits per heavy atom. The van der Waals surface area contributed by atoms with E-state index in [0.29, 0.717) is 12.4 Å². The van der Waals surface area contributed by atoms with E-state index in [2.05, 4.69) is 15.9 Å². The van der Waals surface area contributed by atoms with Crippen LogP contribution in [0.4, 0.5) is 0 Å². The summed E-state index contributed by atoms with van der Waals surface area (Å²) in [7, 11) is 0. The summed E-state index contributed by atoms with van der Waals surface area (Å²) in [6.45, 7) is 2.26. The molecule has 0 aliphatic rings. The van der Waals surface area contributed by atoms with E-state index in [-0.39, 0.29) is 0 Å². The highest BCUT2D eigenvalue weighted by Gasteiger charge is 2.10. The smallest absolute Gasteiger partial charge is 0.214 e. The van der Waals surface area contributed by atoms with Gasteiger partial charge in [0.15, 0.2) is 5.76 Å². The SMILES string of the molecule is CCOC(O)c1cc(Br)co1. The third-order valence-corrected chi connectivity index (χ3v) is 1.57. The zero-order chi connectivity index (χ0) is 8.27. The van der Waals surface area contributed by atoms with Crippen LogP contribution in [0.2, 0.25) is 0 Å². The summed E-state index contributed by atoms with van der Waals surface area (Å²) in [6.07, 6.45) is 0.545. The van der Waals surface area contributed by atoms with Crippen LogP contribution in [0.1, 0.15) is 19.0 Å². The van der Waals surface area contributed by atoms with Gasteiger partial charge < -0.3 is 14.3 Å². The van der Waals surface area contributed by atoms with Crippen molar-refractivity contribution in [3.8, 4) is 0 Å². The van der Waals surface area contributed by atoms with Gasteiger partial charge >= 0.3 is 0 Å². The first-order valence-corrected chi connectivity index (χ1v) is 4.07. The van der Waals surface area contributed by atoms with Crippen LogP contribution in [0.5, 0.6) is 0 Å². The standard InChI is InChI=1S/C7H9BrO3/c1-2-10-7(9)6-3-5(8)4-11-6/h3-4,7,9H,2H2,1H3. The Bertz CT molecular complexity index is 221. The van der Waals surface area contributed by atoms with E-state index in [0.717, 1.165) is 4.47 Å². The zero-order valence-corrected chi connectivity index (χ0v) is 7.67. The fraction of sp³-hybridized carbons (Fsp3) is 0.429. The summed E-state index contributed by atoms with van der Waals surface area (Å²) in [5, 5.41) is 9.20. The Morgan fingerprint density at radius 1 is 1.82 bits per heavy atom. The number of furan rings is 1. The van der Waals surface area contributed by atoms with Gasteiger partial charge in [-0.25, -0.2) is 0 Å². The first-order chi connectivity index (χ1) is 5.24. The number of hydrogen-bond acceptors (Lipinski definition) is 3. The van der Waals surface area contributed by atoms with Crippen LogP contribution in [0, 0.1) is 0 Å². The summed E-state index contributed by atoms with van der Waals surface area (Å²) in [4.78, 5) is 0. The Morgan fingerprint density at radius 2 is 2.55 bits per heavy atom. The average Bonchev–Trinajstić information content (AvgIpc) is 2.36.